The van der Waals surface area contributed by atoms with Gasteiger partial charge in [0.15, 0.2) is 4.90 Å². The van der Waals surface area contributed by atoms with Crippen LogP contribution in [-0.2, 0) is 10.0 Å². The Kier molecular flexibility index (Phi) is 5.84. The van der Waals surface area contributed by atoms with Gasteiger partial charge in [-0.25, -0.2) is 8.42 Å². The highest BCUT2D eigenvalue weighted by atomic mass is 32.2. The third-order valence-corrected chi connectivity index (χ3v) is 5.17. The smallest absolute Gasteiger partial charge is 0.289 e. The maximum atomic E-state index is 12.2. The number of nitro groups is 1. The summed E-state index contributed by atoms with van der Waals surface area (Å²) in [5.74, 6) is 5.90. The van der Waals surface area contributed by atoms with Crippen molar-refractivity contribution < 1.29 is 18.1 Å². The van der Waals surface area contributed by atoms with Gasteiger partial charge in [-0.3, -0.25) is 15.1 Å². The van der Waals surface area contributed by atoms with Gasteiger partial charge < -0.3 is 4.74 Å². The fourth-order valence-corrected chi connectivity index (χ4v) is 3.56. The average Bonchev–Trinajstić information content (AvgIpc) is 2.70. The molecule has 0 fully saturated rings. The van der Waals surface area contributed by atoms with Gasteiger partial charge in [-0.2, -0.15) is 4.72 Å². The van der Waals surface area contributed by atoms with Crippen LogP contribution in [0.2, 0.25) is 0 Å². The van der Waals surface area contributed by atoms with Crippen LogP contribution < -0.4 is 9.46 Å². The third kappa shape index (κ3) is 4.43. The summed E-state index contributed by atoms with van der Waals surface area (Å²) in [7, 11) is -4.05. The van der Waals surface area contributed by atoms with Crippen LogP contribution >= 0.6 is 0 Å². The summed E-state index contributed by atoms with van der Waals surface area (Å²) in [6.07, 6.45) is 1.67. The van der Waals surface area contributed by atoms with Gasteiger partial charge >= 0.3 is 0 Å². The van der Waals surface area contributed by atoms with E-state index in [4.69, 9.17) is 4.74 Å². The Labute approximate surface area is 161 Å². The standard InChI is InChI=1S/C19H15N3O5S/c23-22(24)16-9-1-2-11-18(16)28(25,26)21-13-3-4-14-27-17-10-5-7-15-8-6-12-20-19(15)17/h1-2,5-12,21H,13-14H2. The summed E-state index contributed by atoms with van der Waals surface area (Å²) in [5.41, 5.74) is 0.221. The van der Waals surface area contributed by atoms with Crippen molar-refractivity contribution in [3.05, 3.63) is 70.9 Å². The summed E-state index contributed by atoms with van der Waals surface area (Å²) in [5, 5.41) is 11.9. The van der Waals surface area contributed by atoms with Crippen molar-refractivity contribution in [3.8, 4) is 17.6 Å². The summed E-state index contributed by atoms with van der Waals surface area (Å²) in [6, 6.07) is 14.4. The quantitative estimate of drug-likeness (QED) is 0.389. The predicted molar refractivity (Wildman–Crippen MR) is 103 cm³/mol. The molecule has 0 atom stereocenters. The van der Waals surface area contributed by atoms with E-state index in [1.165, 1.54) is 18.2 Å². The van der Waals surface area contributed by atoms with Crippen molar-refractivity contribution in [3.63, 3.8) is 0 Å². The van der Waals surface area contributed by atoms with E-state index in [2.05, 4.69) is 21.5 Å². The van der Waals surface area contributed by atoms with E-state index in [0.29, 0.717) is 11.3 Å². The molecule has 0 unspecified atom stereocenters. The van der Waals surface area contributed by atoms with Crippen LogP contribution in [0.15, 0.2) is 65.7 Å². The molecule has 0 amide bonds. The number of nitrogens with zero attached hydrogens (tertiary/aromatic N) is 2. The molecule has 1 N–H and O–H groups in total. The van der Waals surface area contributed by atoms with E-state index in [0.717, 1.165) is 11.5 Å². The van der Waals surface area contributed by atoms with E-state index >= 15 is 0 Å². The highest BCUT2D eigenvalue weighted by molar-refractivity contribution is 7.89. The predicted octanol–water partition coefficient (Wildman–Crippen LogP) is 2.50. The van der Waals surface area contributed by atoms with Gasteiger partial charge in [-0.05, 0) is 18.2 Å². The molecule has 0 radical (unpaired) electrons. The Bertz CT molecular complexity index is 1180. The number of fused-ring (bicyclic) bond motifs is 1. The molecule has 0 saturated carbocycles. The summed E-state index contributed by atoms with van der Waals surface area (Å²) in [4.78, 5) is 14.1. The number of aromatic nitrogens is 1. The highest BCUT2D eigenvalue weighted by Crippen LogP contribution is 2.23. The maximum absolute atomic E-state index is 12.2. The lowest BCUT2D eigenvalue weighted by Crippen LogP contribution is -2.24. The van der Waals surface area contributed by atoms with Gasteiger partial charge in [-0.15, -0.1) is 0 Å². The minimum absolute atomic E-state index is 0.0445. The molecular formula is C19H15N3O5S. The minimum Gasteiger partial charge on any atom is -0.479 e. The number of nitro benzene ring substituents is 1. The Morgan fingerprint density at radius 1 is 1.07 bits per heavy atom. The van der Waals surface area contributed by atoms with Crippen LogP contribution in [0.4, 0.5) is 5.69 Å². The Balaban J connectivity index is 1.60. The molecule has 1 heterocycles. The molecule has 0 bridgehead atoms. The normalized spacial score (nSPS) is 10.9. The number of hydrogen-bond donors (Lipinski definition) is 1. The highest BCUT2D eigenvalue weighted by Gasteiger charge is 2.24. The minimum atomic E-state index is -4.05. The van der Waals surface area contributed by atoms with Crippen LogP contribution in [-0.4, -0.2) is 31.5 Å². The van der Waals surface area contributed by atoms with E-state index < -0.39 is 25.5 Å². The number of pyridine rings is 1. The second kappa shape index (κ2) is 8.47. The number of hydrogen-bond acceptors (Lipinski definition) is 6. The first-order valence-corrected chi connectivity index (χ1v) is 9.63. The van der Waals surface area contributed by atoms with Crippen LogP contribution in [0, 0.1) is 22.0 Å². The van der Waals surface area contributed by atoms with Crippen LogP contribution in [0.3, 0.4) is 0 Å². The van der Waals surface area contributed by atoms with Crippen molar-refractivity contribution in [1.82, 2.24) is 9.71 Å². The zero-order valence-electron chi connectivity index (χ0n) is 14.5. The molecule has 0 spiro atoms. The number of sulfonamides is 1. The van der Waals surface area contributed by atoms with Crippen molar-refractivity contribution in [2.24, 2.45) is 0 Å². The molecule has 0 aliphatic carbocycles. The Morgan fingerprint density at radius 2 is 1.86 bits per heavy atom. The molecule has 0 saturated heterocycles. The number of nitrogens with one attached hydrogen (secondary N) is 1. The molecule has 1 aromatic heterocycles. The second-order valence-corrected chi connectivity index (χ2v) is 7.26. The zero-order chi connectivity index (χ0) is 20.0. The Hall–Kier alpha value is -3.48. The lowest BCUT2D eigenvalue weighted by atomic mass is 10.2. The van der Waals surface area contributed by atoms with Crippen LogP contribution in [0.5, 0.6) is 5.75 Å². The van der Waals surface area contributed by atoms with Gasteiger partial charge in [0.05, 0.1) is 11.5 Å². The lowest BCUT2D eigenvalue weighted by Gasteiger charge is -2.05. The third-order valence-electron chi connectivity index (χ3n) is 3.72. The molecular weight excluding hydrogens is 382 g/mol. The van der Waals surface area contributed by atoms with Crippen LogP contribution in [0.1, 0.15) is 0 Å². The molecule has 28 heavy (non-hydrogen) atoms. The Morgan fingerprint density at radius 3 is 2.68 bits per heavy atom. The summed E-state index contributed by atoms with van der Waals surface area (Å²) >= 11 is 0. The van der Waals surface area contributed by atoms with Crippen molar-refractivity contribution in [2.75, 3.05) is 13.2 Å². The molecule has 2 aromatic carbocycles. The van der Waals surface area contributed by atoms with Crippen molar-refractivity contribution in [1.29, 1.82) is 0 Å². The van der Waals surface area contributed by atoms with Gasteiger partial charge in [0.25, 0.3) is 5.69 Å². The molecule has 8 nitrogen and oxygen atoms in total. The number of ether oxygens (including phenoxy) is 1. The van der Waals surface area contributed by atoms with E-state index in [1.54, 1.807) is 12.3 Å². The lowest BCUT2D eigenvalue weighted by molar-refractivity contribution is -0.387. The molecule has 142 valence electrons. The fraction of sp³-hybridized carbons (Fsp3) is 0.105. The zero-order valence-corrected chi connectivity index (χ0v) is 15.3. The molecule has 3 rings (SSSR count). The molecule has 3 aromatic rings. The first-order chi connectivity index (χ1) is 13.5. The van der Waals surface area contributed by atoms with E-state index in [1.807, 2.05) is 24.3 Å². The average molecular weight is 397 g/mol. The maximum Gasteiger partial charge on any atom is 0.289 e. The van der Waals surface area contributed by atoms with Gasteiger partial charge in [0.2, 0.25) is 10.0 Å². The van der Waals surface area contributed by atoms with Crippen LogP contribution in [0.25, 0.3) is 10.9 Å². The SMILES string of the molecule is O=[N+]([O-])c1ccccc1S(=O)(=O)NCC#CCOc1cccc2cccnc12. The first-order valence-electron chi connectivity index (χ1n) is 8.14. The fourth-order valence-electron chi connectivity index (χ4n) is 2.46. The van der Waals surface area contributed by atoms with Gasteiger partial charge in [-0.1, -0.05) is 42.2 Å². The molecule has 0 aliphatic rings. The topological polar surface area (TPSA) is 111 Å². The van der Waals surface area contributed by atoms with Gasteiger partial charge in [0.1, 0.15) is 17.9 Å². The monoisotopic (exact) mass is 397 g/mol. The number of rotatable bonds is 6. The second-order valence-electron chi connectivity index (χ2n) is 5.52. The van der Waals surface area contributed by atoms with E-state index in [9.17, 15) is 18.5 Å². The van der Waals surface area contributed by atoms with E-state index in [-0.39, 0.29) is 13.2 Å². The van der Waals surface area contributed by atoms with Gasteiger partial charge in [0, 0.05) is 17.6 Å². The van der Waals surface area contributed by atoms with Crippen molar-refractivity contribution >= 4 is 26.6 Å². The molecule has 9 heteroatoms. The largest absolute Gasteiger partial charge is 0.479 e. The first kappa shape index (κ1) is 19.3. The summed E-state index contributed by atoms with van der Waals surface area (Å²) < 4.78 is 32.3. The van der Waals surface area contributed by atoms with Crippen molar-refractivity contribution in [2.45, 2.75) is 4.90 Å². The number of benzene rings is 2. The molecule has 0 aliphatic heterocycles. The number of para-hydroxylation sites is 2. The summed E-state index contributed by atoms with van der Waals surface area (Å²) in [6.45, 7) is -0.158.